The molecule has 13 heteroatoms. The van der Waals surface area contributed by atoms with E-state index < -0.39 is 28.9 Å². The Morgan fingerprint density at radius 1 is 1.02 bits per heavy atom. The van der Waals surface area contributed by atoms with Gasteiger partial charge in [-0.25, -0.2) is 19.6 Å². The molecule has 2 aromatic heterocycles. The van der Waals surface area contributed by atoms with E-state index in [1.54, 1.807) is 39.0 Å². The molecule has 10 nitrogen and oxygen atoms in total. The first-order valence-electron chi connectivity index (χ1n) is 12.9. The van der Waals surface area contributed by atoms with Crippen molar-refractivity contribution in [3.8, 4) is 11.3 Å². The number of hydrogen-bond donors (Lipinski definition) is 1. The van der Waals surface area contributed by atoms with Crippen molar-refractivity contribution in [3.63, 3.8) is 0 Å². The maximum atomic E-state index is 13.2. The quantitative estimate of drug-likeness (QED) is 0.315. The van der Waals surface area contributed by atoms with E-state index in [9.17, 15) is 9.59 Å². The molecule has 0 saturated carbocycles. The summed E-state index contributed by atoms with van der Waals surface area (Å²) in [5.41, 5.74) is -0.344. The van der Waals surface area contributed by atoms with Crippen LogP contribution in [0.3, 0.4) is 0 Å². The first-order chi connectivity index (χ1) is 18.5. The first-order valence-corrected chi connectivity index (χ1v) is 14.4. The van der Waals surface area contributed by atoms with Crippen LogP contribution in [0.4, 0.5) is 15.4 Å². The molecule has 0 radical (unpaired) electrons. The van der Waals surface area contributed by atoms with Crippen LogP contribution in [0.5, 0.6) is 0 Å². The van der Waals surface area contributed by atoms with E-state index in [0.717, 1.165) is 4.68 Å². The van der Waals surface area contributed by atoms with Gasteiger partial charge in [-0.1, -0.05) is 35.3 Å². The maximum Gasteiger partial charge on any atom is 0.437 e. The van der Waals surface area contributed by atoms with Crippen molar-refractivity contribution < 1.29 is 19.1 Å². The Balaban J connectivity index is 1.70. The van der Waals surface area contributed by atoms with Gasteiger partial charge < -0.3 is 19.7 Å². The third-order valence-electron chi connectivity index (χ3n) is 6.19. The predicted octanol–water partition coefficient (Wildman–Crippen LogP) is 7.23. The number of nitrogens with one attached hydrogen (secondary N) is 1. The number of anilines is 1. The Bertz CT molecular complexity index is 1460. The summed E-state index contributed by atoms with van der Waals surface area (Å²) in [5.74, 6) is 0.542. The molecule has 216 valence electrons. The van der Waals surface area contributed by atoms with Crippen molar-refractivity contribution >= 4 is 68.3 Å². The van der Waals surface area contributed by atoms with Gasteiger partial charge in [-0.3, -0.25) is 0 Å². The zero-order valence-corrected chi connectivity index (χ0v) is 26.7. The molecule has 0 aliphatic carbocycles. The molecule has 1 aliphatic rings. The van der Waals surface area contributed by atoms with E-state index in [4.69, 9.17) is 42.6 Å². The molecule has 0 bridgehead atoms. The number of rotatable bonds is 3. The first kappa shape index (κ1) is 30.3. The van der Waals surface area contributed by atoms with E-state index in [1.165, 1.54) is 0 Å². The molecule has 3 heterocycles. The monoisotopic (exact) mass is 654 g/mol. The number of fused-ring (bicyclic) bond motifs is 1. The van der Waals surface area contributed by atoms with E-state index in [1.807, 2.05) is 32.6 Å². The number of benzene rings is 1. The number of piperidine rings is 1. The average molecular weight is 656 g/mol. The van der Waals surface area contributed by atoms with Gasteiger partial charge in [0.2, 0.25) is 0 Å². The summed E-state index contributed by atoms with van der Waals surface area (Å²) in [6.07, 6.45) is 0.150. The summed E-state index contributed by atoms with van der Waals surface area (Å²) in [7, 11) is 0. The van der Waals surface area contributed by atoms with Crippen LogP contribution in [0.25, 0.3) is 22.4 Å². The zero-order chi connectivity index (χ0) is 29.6. The molecule has 0 spiro atoms. The highest BCUT2D eigenvalue weighted by Crippen LogP contribution is 2.38. The minimum absolute atomic E-state index is 0.221. The summed E-state index contributed by atoms with van der Waals surface area (Å²) >= 11 is 16.4. The van der Waals surface area contributed by atoms with Gasteiger partial charge in [0, 0.05) is 24.2 Å². The Morgan fingerprint density at radius 2 is 1.65 bits per heavy atom. The zero-order valence-electron chi connectivity index (χ0n) is 23.6. The molecule has 0 atom stereocenters. The molecular weight excluding hydrogens is 623 g/mol. The predicted molar refractivity (Wildman–Crippen MR) is 159 cm³/mol. The van der Waals surface area contributed by atoms with E-state index in [2.05, 4.69) is 26.3 Å². The second kappa shape index (κ2) is 11.0. The van der Waals surface area contributed by atoms with Crippen LogP contribution >= 0.6 is 39.1 Å². The number of amides is 1. The Kier molecular flexibility index (Phi) is 8.33. The summed E-state index contributed by atoms with van der Waals surface area (Å²) < 4.78 is 12.6. The van der Waals surface area contributed by atoms with Crippen molar-refractivity contribution in [1.29, 1.82) is 0 Å². The Hall–Kier alpha value is -2.63. The second-order valence-electron chi connectivity index (χ2n) is 12.0. The van der Waals surface area contributed by atoms with Gasteiger partial charge in [0.15, 0.2) is 11.5 Å². The fourth-order valence-corrected chi connectivity index (χ4v) is 5.19. The van der Waals surface area contributed by atoms with Gasteiger partial charge in [-0.15, -0.1) is 4.68 Å². The second-order valence-corrected chi connectivity index (χ2v) is 13.6. The number of ether oxygens (including phenoxy) is 2. The van der Waals surface area contributed by atoms with Crippen LogP contribution in [-0.2, 0) is 9.47 Å². The number of alkyl carbamates (subject to hydrolysis) is 1. The van der Waals surface area contributed by atoms with Crippen LogP contribution in [0.2, 0.25) is 10.0 Å². The van der Waals surface area contributed by atoms with Crippen molar-refractivity contribution in [2.45, 2.75) is 78.0 Å². The van der Waals surface area contributed by atoms with Crippen LogP contribution in [-0.4, -0.2) is 61.8 Å². The molecule has 1 amide bonds. The minimum Gasteiger partial charge on any atom is -0.444 e. The van der Waals surface area contributed by atoms with Crippen molar-refractivity contribution in [2.75, 3.05) is 18.0 Å². The largest absolute Gasteiger partial charge is 0.444 e. The third kappa shape index (κ3) is 6.80. The topological polar surface area (TPSA) is 111 Å². The lowest BCUT2D eigenvalue weighted by Gasteiger charge is -2.40. The lowest BCUT2D eigenvalue weighted by Crippen LogP contribution is -2.54. The van der Waals surface area contributed by atoms with Gasteiger partial charge in [0.25, 0.3) is 0 Å². The number of carbonyl (C=O) groups is 2. The van der Waals surface area contributed by atoms with Gasteiger partial charge in [-0.05, 0) is 83.3 Å². The fraction of sp³-hybridized carbons (Fsp3) is 0.519. The average Bonchev–Trinajstić information content (AvgIpc) is 3.16. The van der Waals surface area contributed by atoms with E-state index >= 15 is 0 Å². The summed E-state index contributed by atoms with van der Waals surface area (Å²) in [6, 6.07) is 5.17. The maximum absolute atomic E-state index is 13.2. The molecule has 40 heavy (non-hydrogen) atoms. The summed E-state index contributed by atoms with van der Waals surface area (Å²) in [4.78, 5) is 37.2. The summed E-state index contributed by atoms with van der Waals surface area (Å²) in [5, 5.41) is 8.18. The van der Waals surface area contributed by atoms with E-state index in [-0.39, 0.29) is 10.7 Å². The highest BCUT2D eigenvalue weighted by Gasteiger charge is 2.35. The highest BCUT2D eigenvalue weighted by atomic mass is 79.9. The number of halogens is 3. The van der Waals surface area contributed by atoms with Crippen LogP contribution in [0.1, 0.15) is 61.3 Å². The molecular formula is C27H33BrCl2N6O4. The van der Waals surface area contributed by atoms with Gasteiger partial charge >= 0.3 is 12.2 Å². The third-order valence-corrected chi connectivity index (χ3v) is 7.54. The SMILES string of the molecule is CC1(NC(=O)OC(C)(C)C)CCN(c2nc3c(nc2Br)c(-c2cccc(Cl)c2Cl)nn3C(=O)OC(C)(C)C)CC1. The lowest BCUT2D eigenvalue weighted by molar-refractivity contribution is 0.0446. The lowest BCUT2D eigenvalue weighted by atomic mass is 9.90. The number of nitrogens with zero attached hydrogens (tertiary/aromatic N) is 5. The normalized spacial score (nSPS) is 15.7. The molecule has 1 fully saturated rings. The van der Waals surface area contributed by atoms with Crippen molar-refractivity contribution in [2.24, 2.45) is 0 Å². The minimum atomic E-state index is -0.757. The van der Waals surface area contributed by atoms with Crippen molar-refractivity contribution in [3.05, 3.63) is 32.8 Å². The van der Waals surface area contributed by atoms with Crippen LogP contribution in [0, 0.1) is 0 Å². The fourth-order valence-electron chi connectivity index (χ4n) is 4.29. The molecule has 0 unspecified atom stereocenters. The van der Waals surface area contributed by atoms with Crippen LogP contribution in [0.15, 0.2) is 22.8 Å². The standard InChI is InChI=1S/C27H33BrCl2N6O4/c1-25(2,3)39-23(37)33-27(7)11-13-35(14-12-27)22-20(28)31-19-18(15-9-8-10-16(29)17(15)30)34-36(21(19)32-22)24(38)40-26(4,5)6/h8-10H,11-14H2,1-7H3,(H,33,37). The van der Waals surface area contributed by atoms with Gasteiger partial charge in [-0.2, -0.15) is 5.10 Å². The number of aromatic nitrogens is 4. The smallest absolute Gasteiger partial charge is 0.437 e. The number of hydrogen-bond acceptors (Lipinski definition) is 8. The Morgan fingerprint density at radius 3 is 2.25 bits per heavy atom. The molecule has 3 aromatic rings. The molecule has 1 saturated heterocycles. The number of carbonyl (C=O) groups excluding carboxylic acids is 2. The molecule has 4 rings (SSSR count). The van der Waals surface area contributed by atoms with Gasteiger partial charge in [0.1, 0.15) is 27.0 Å². The van der Waals surface area contributed by atoms with Crippen LogP contribution < -0.4 is 10.2 Å². The van der Waals surface area contributed by atoms with Gasteiger partial charge in [0.05, 0.1) is 10.0 Å². The summed E-state index contributed by atoms with van der Waals surface area (Å²) in [6.45, 7) is 14.0. The van der Waals surface area contributed by atoms with E-state index in [0.29, 0.717) is 58.1 Å². The Labute approximate surface area is 251 Å². The molecule has 1 aliphatic heterocycles. The molecule has 1 aromatic carbocycles. The molecule has 1 N–H and O–H groups in total. The van der Waals surface area contributed by atoms with Crippen molar-refractivity contribution in [1.82, 2.24) is 25.1 Å². The highest BCUT2D eigenvalue weighted by molar-refractivity contribution is 9.10.